The van der Waals surface area contributed by atoms with Crippen molar-refractivity contribution in [3.05, 3.63) is 0 Å². The molecule has 0 aromatic carbocycles. The third-order valence-corrected chi connectivity index (χ3v) is 3.77. The van der Waals surface area contributed by atoms with Crippen LogP contribution in [0.3, 0.4) is 0 Å². The Bertz CT molecular complexity index is 374. The first-order valence-corrected chi connectivity index (χ1v) is 7.17. The molecule has 0 aliphatic carbocycles. The third kappa shape index (κ3) is 2.78. The smallest absolute Gasteiger partial charge is 0.353 e. The average Bonchev–Trinajstić information content (AvgIpc) is 2.96. The highest BCUT2D eigenvalue weighted by molar-refractivity contribution is 7.79. The van der Waals surface area contributed by atoms with E-state index in [1.807, 2.05) is 27.7 Å². The molecule has 0 radical (unpaired) electrons. The summed E-state index contributed by atoms with van der Waals surface area (Å²) in [4.78, 5) is 0. The van der Waals surface area contributed by atoms with Gasteiger partial charge in [0.1, 0.15) is 12.2 Å². The van der Waals surface area contributed by atoms with Gasteiger partial charge in [-0.05, 0) is 27.7 Å². The Morgan fingerprint density at radius 2 is 1.25 bits per heavy atom. The lowest BCUT2D eigenvalue weighted by atomic mass is 10.0. The summed E-state index contributed by atoms with van der Waals surface area (Å²) in [5, 5.41) is 0.126. The van der Waals surface area contributed by atoms with Gasteiger partial charge in [-0.25, -0.2) is 0 Å². The molecule has 0 saturated carbocycles. The molecule has 2 unspecified atom stereocenters. The molecule has 3 fully saturated rings. The van der Waals surface area contributed by atoms with Gasteiger partial charge in [-0.2, -0.15) is 0 Å². The zero-order chi connectivity index (χ0) is 14.5. The summed E-state index contributed by atoms with van der Waals surface area (Å²) in [5.74, 6) is -1.23. The van der Waals surface area contributed by atoms with E-state index in [0.717, 1.165) is 0 Å². The fraction of sp³-hybridized carbons (Fsp3) is 0.923. The van der Waals surface area contributed by atoms with Crippen molar-refractivity contribution in [2.75, 3.05) is 13.2 Å². The van der Waals surface area contributed by atoms with Crippen molar-refractivity contribution in [3.63, 3.8) is 0 Å². The van der Waals surface area contributed by atoms with Crippen LogP contribution in [-0.2, 0) is 28.4 Å². The van der Waals surface area contributed by atoms with Gasteiger partial charge in [-0.3, -0.25) is 0 Å². The Morgan fingerprint density at radius 3 is 1.55 bits per heavy atom. The zero-order valence-corrected chi connectivity index (χ0v) is 12.9. The predicted molar refractivity (Wildman–Crippen MR) is 72.2 cm³/mol. The van der Waals surface area contributed by atoms with Crippen molar-refractivity contribution in [3.8, 4) is 0 Å². The molecule has 0 amide bonds. The van der Waals surface area contributed by atoms with E-state index in [1.165, 1.54) is 0 Å². The van der Waals surface area contributed by atoms with Crippen molar-refractivity contribution in [1.29, 1.82) is 0 Å². The number of ether oxygens (including phenoxy) is 6. The molecule has 3 aliphatic heterocycles. The highest BCUT2D eigenvalue weighted by atomic mass is 32.1. The average molecular weight is 304 g/mol. The molecule has 3 heterocycles. The van der Waals surface area contributed by atoms with Crippen LogP contribution < -0.4 is 0 Å². The van der Waals surface area contributed by atoms with Gasteiger partial charge in [-0.15, -0.1) is 0 Å². The Morgan fingerprint density at radius 1 is 0.850 bits per heavy atom. The maximum Gasteiger partial charge on any atom is 0.353 e. The monoisotopic (exact) mass is 304 g/mol. The van der Waals surface area contributed by atoms with Crippen LogP contribution in [0.4, 0.5) is 0 Å². The summed E-state index contributed by atoms with van der Waals surface area (Å²) in [5.41, 5.74) is 0. The van der Waals surface area contributed by atoms with Crippen molar-refractivity contribution in [2.24, 2.45) is 0 Å². The zero-order valence-electron chi connectivity index (χ0n) is 12.1. The first-order valence-electron chi connectivity index (χ1n) is 6.77. The van der Waals surface area contributed by atoms with Crippen LogP contribution in [0.1, 0.15) is 27.7 Å². The minimum Gasteiger partial charge on any atom is -0.447 e. The molecule has 114 valence electrons. The molecular weight excluding hydrogens is 284 g/mol. The van der Waals surface area contributed by atoms with Crippen molar-refractivity contribution < 1.29 is 28.4 Å². The van der Waals surface area contributed by atoms with Gasteiger partial charge in [0.05, 0.1) is 13.2 Å². The van der Waals surface area contributed by atoms with Crippen LogP contribution in [-0.4, -0.2) is 54.4 Å². The molecule has 3 rings (SSSR count). The molecule has 7 heteroatoms. The first kappa shape index (κ1) is 14.5. The predicted octanol–water partition coefficient (Wildman–Crippen LogP) is 1.36. The van der Waals surface area contributed by atoms with E-state index < -0.39 is 11.6 Å². The summed E-state index contributed by atoms with van der Waals surface area (Å²) in [6.07, 6.45) is -1.15. The molecule has 0 bridgehead atoms. The van der Waals surface area contributed by atoms with E-state index in [4.69, 9.17) is 40.6 Å². The molecule has 20 heavy (non-hydrogen) atoms. The molecule has 0 N–H and O–H groups in total. The van der Waals surface area contributed by atoms with Gasteiger partial charge in [0.2, 0.25) is 0 Å². The lowest BCUT2D eigenvalue weighted by Gasteiger charge is -2.26. The lowest BCUT2D eigenvalue weighted by molar-refractivity contribution is -0.165. The van der Waals surface area contributed by atoms with Gasteiger partial charge in [0.15, 0.2) is 23.8 Å². The molecule has 4 atom stereocenters. The van der Waals surface area contributed by atoms with E-state index in [0.29, 0.717) is 13.2 Å². The molecular formula is C13H20O6S. The summed E-state index contributed by atoms with van der Waals surface area (Å²) in [6.45, 7) is 8.36. The minimum absolute atomic E-state index is 0.126. The highest BCUT2D eigenvalue weighted by Gasteiger charge is 2.52. The Kier molecular flexibility index (Phi) is 3.45. The van der Waals surface area contributed by atoms with Crippen molar-refractivity contribution >= 4 is 17.5 Å². The second kappa shape index (κ2) is 4.78. The topological polar surface area (TPSA) is 55.4 Å². The van der Waals surface area contributed by atoms with Crippen LogP contribution in [0.5, 0.6) is 0 Å². The van der Waals surface area contributed by atoms with E-state index >= 15 is 0 Å². The second-order valence-corrected chi connectivity index (χ2v) is 6.48. The molecule has 3 saturated heterocycles. The minimum atomic E-state index is -0.616. The van der Waals surface area contributed by atoms with Crippen LogP contribution in [0, 0.1) is 0 Å². The number of hydrogen-bond acceptors (Lipinski definition) is 7. The Hall–Kier alpha value is -0.470. The molecule has 0 aromatic heterocycles. The van der Waals surface area contributed by atoms with E-state index in [-0.39, 0.29) is 29.7 Å². The second-order valence-electron chi connectivity index (χ2n) is 6.15. The molecule has 3 aliphatic rings. The fourth-order valence-electron chi connectivity index (χ4n) is 2.71. The van der Waals surface area contributed by atoms with Gasteiger partial charge < -0.3 is 28.4 Å². The lowest BCUT2D eigenvalue weighted by Crippen LogP contribution is -2.45. The van der Waals surface area contributed by atoms with Gasteiger partial charge in [0, 0.05) is 12.2 Å². The van der Waals surface area contributed by atoms with E-state index in [9.17, 15) is 0 Å². The number of hydrogen-bond donors (Lipinski definition) is 0. The standard InChI is InChI=1S/C13H20O6S/c1-12(2)14-5-7(18-12)9-10(17-11(20)16-9)8-6-15-13(3,4)19-8/h7-10H,5-6H2,1-4H3/t7?,8?,9-,10-/m1/s1. The molecule has 0 spiro atoms. The van der Waals surface area contributed by atoms with Crippen LogP contribution >= 0.6 is 12.2 Å². The van der Waals surface area contributed by atoms with Crippen LogP contribution in [0.15, 0.2) is 0 Å². The number of thiocarbonyl (C=S) groups is 1. The Labute approximate surface area is 123 Å². The fourth-order valence-corrected chi connectivity index (χ4v) is 2.94. The highest BCUT2D eigenvalue weighted by Crippen LogP contribution is 2.35. The largest absolute Gasteiger partial charge is 0.447 e. The molecule has 0 aromatic rings. The first-order chi connectivity index (χ1) is 9.26. The quantitative estimate of drug-likeness (QED) is 0.714. The Balaban J connectivity index is 1.71. The SMILES string of the molecule is CC1(C)OCC([C@H]2OC(=S)O[C@@H]2C2COC(C)(C)O2)O1. The maximum absolute atomic E-state index is 5.84. The van der Waals surface area contributed by atoms with Gasteiger partial charge >= 0.3 is 5.24 Å². The van der Waals surface area contributed by atoms with Gasteiger partial charge in [-0.1, -0.05) is 0 Å². The maximum atomic E-state index is 5.84. The normalized spacial score (nSPS) is 42.5. The van der Waals surface area contributed by atoms with Gasteiger partial charge in [0.25, 0.3) is 0 Å². The summed E-state index contributed by atoms with van der Waals surface area (Å²) >= 11 is 5.02. The summed E-state index contributed by atoms with van der Waals surface area (Å²) in [6, 6.07) is 0. The molecule has 6 nitrogen and oxygen atoms in total. The van der Waals surface area contributed by atoms with Crippen molar-refractivity contribution in [1.82, 2.24) is 0 Å². The van der Waals surface area contributed by atoms with Crippen molar-refractivity contribution in [2.45, 2.75) is 63.7 Å². The summed E-state index contributed by atoms with van der Waals surface area (Å²) < 4.78 is 34.0. The van der Waals surface area contributed by atoms with E-state index in [2.05, 4.69) is 0 Å². The van der Waals surface area contributed by atoms with Crippen LogP contribution in [0.25, 0.3) is 0 Å². The number of rotatable bonds is 2. The summed E-state index contributed by atoms with van der Waals surface area (Å²) in [7, 11) is 0. The van der Waals surface area contributed by atoms with E-state index in [1.54, 1.807) is 0 Å². The van der Waals surface area contributed by atoms with Crippen LogP contribution in [0.2, 0.25) is 0 Å². The third-order valence-electron chi connectivity index (χ3n) is 3.58.